The fourth-order valence-corrected chi connectivity index (χ4v) is 5.32. The molecule has 0 radical (unpaired) electrons. The summed E-state index contributed by atoms with van der Waals surface area (Å²) >= 11 is 0. The number of hydrogen-bond acceptors (Lipinski definition) is 12. The SMILES string of the molecule is Oc1cc(O)c(CC(O)C(c2ccc(O)c(O)c2)c2c(O)cc3c(c2O)CC(O)C(c2ccc(O)c(O)c2)O3)c(O)c1. The number of aromatic hydroxyl groups is 9. The van der Waals surface area contributed by atoms with E-state index in [2.05, 4.69) is 0 Å². The highest BCUT2D eigenvalue weighted by Gasteiger charge is 2.37. The molecule has 4 atom stereocenters. The van der Waals surface area contributed by atoms with E-state index in [1.807, 2.05) is 0 Å². The Morgan fingerprint density at radius 2 is 1.31 bits per heavy atom. The van der Waals surface area contributed by atoms with Crippen LogP contribution in [-0.4, -0.2) is 68.4 Å². The number of rotatable bonds is 6. The molecule has 220 valence electrons. The first-order valence-electron chi connectivity index (χ1n) is 12.7. The van der Waals surface area contributed by atoms with Gasteiger partial charge < -0.3 is 60.9 Å². The Hall–Kier alpha value is -5.20. The van der Waals surface area contributed by atoms with Crippen LogP contribution in [0.25, 0.3) is 0 Å². The van der Waals surface area contributed by atoms with Crippen LogP contribution in [0, 0.1) is 0 Å². The molecule has 11 N–H and O–H groups in total. The number of aliphatic hydroxyl groups is 2. The quantitative estimate of drug-likeness (QED) is 0.148. The molecule has 42 heavy (non-hydrogen) atoms. The van der Waals surface area contributed by atoms with Gasteiger partial charge in [0.2, 0.25) is 0 Å². The van der Waals surface area contributed by atoms with Crippen molar-refractivity contribution < 1.29 is 60.9 Å². The van der Waals surface area contributed by atoms with Crippen LogP contribution in [0.15, 0.2) is 54.6 Å². The molecule has 1 heterocycles. The molecule has 0 amide bonds. The molecule has 1 aliphatic rings. The van der Waals surface area contributed by atoms with Crippen molar-refractivity contribution in [3.8, 4) is 57.5 Å². The zero-order valence-corrected chi connectivity index (χ0v) is 21.7. The van der Waals surface area contributed by atoms with Gasteiger partial charge in [-0.3, -0.25) is 0 Å². The third-order valence-corrected chi connectivity index (χ3v) is 7.38. The van der Waals surface area contributed by atoms with Gasteiger partial charge in [-0.1, -0.05) is 12.1 Å². The van der Waals surface area contributed by atoms with E-state index in [0.717, 1.165) is 24.3 Å². The van der Waals surface area contributed by atoms with Gasteiger partial charge in [-0.25, -0.2) is 0 Å². The van der Waals surface area contributed by atoms with E-state index in [1.165, 1.54) is 30.3 Å². The molecule has 4 aromatic carbocycles. The molecule has 5 rings (SSSR count). The zero-order chi connectivity index (χ0) is 30.5. The lowest BCUT2D eigenvalue weighted by Gasteiger charge is -2.33. The van der Waals surface area contributed by atoms with Crippen LogP contribution in [0.4, 0.5) is 0 Å². The van der Waals surface area contributed by atoms with Crippen molar-refractivity contribution in [3.05, 3.63) is 82.4 Å². The Kier molecular flexibility index (Phi) is 7.19. The Bertz CT molecular complexity index is 1640. The zero-order valence-electron chi connectivity index (χ0n) is 21.7. The van der Waals surface area contributed by atoms with Crippen LogP contribution in [0.2, 0.25) is 0 Å². The maximum Gasteiger partial charge on any atom is 0.157 e. The average molecular weight is 581 g/mol. The molecule has 12 heteroatoms. The molecule has 1 aliphatic heterocycles. The number of phenols is 9. The van der Waals surface area contributed by atoms with Crippen molar-refractivity contribution in [3.63, 3.8) is 0 Å². The van der Waals surface area contributed by atoms with E-state index in [9.17, 15) is 56.2 Å². The van der Waals surface area contributed by atoms with E-state index in [1.54, 1.807) is 0 Å². The van der Waals surface area contributed by atoms with Gasteiger partial charge in [0.15, 0.2) is 23.0 Å². The molecule has 0 spiro atoms. The van der Waals surface area contributed by atoms with Crippen molar-refractivity contribution in [2.75, 3.05) is 0 Å². The Morgan fingerprint density at radius 1 is 0.690 bits per heavy atom. The first-order valence-corrected chi connectivity index (χ1v) is 12.7. The number of fused-ring (bicyclic) bond motifs is 1. The molecule has 0 aromatic heterocycles. The lowest BCUT2D eigenvalue weighted by Crippen LogP contribution is -2.31. The Morgan fingerprint density at radius 3 is 1.93 bits per heavy atom. The number of hydrogen-bond donors (Lipinski definition) is 11. The van der Waals surface area contributed by atoms with E-state index in [0.29, 0.717) is 5.56 Å². The summed E-state index contributed by atoms with van der Waals surface area (Å²) in [5, 5.41) is 115. The minimum absolute atomic E-state index is 0.00719. The first kappa shape index (κ1) is 28.3. The summed E-state index contributed by atoms with van der Waals surface area (Å²) in [6.07, 6.45) is -4.52. The average Bonchev–Trinajstić information content (AvgIpc) is 2.92. The largest absolute Gasteiger partial charge is 0.508 e. The minimum Gasteiger partial charge on any atom is -0.508 e. The molecule has 0 saturated carbocycles. The van der Waals surface area contributed by atoms with Gasteiger partial charge in [0.05, 0.1) is 12.2 Å². The third-order valence-electron chi connectivity index (χ3n) is 7.38. The first-order chi connectivity index (χ1) is 19.8. The van der Waals surface area contributed by atoms with E-state index < -0.39 is 76.6 Å². The van der Waals surface area contributed by atoms with Gasteiger partial charge in [0.25, 0.3) is 0 Å². The molecule has 0 aliphatic carbocycles. The van der Waals surface area contributed by atoms with Crippen LogP contribution in [0.3, 0.4) is 0 Å². The van der Waals surface area contributed by atoms with Gasteiger partial charge in [-0.05, 0) is 35.4 Å². The van der Waals surface area contributed by atoms with Crippen molar-refractivity contribution in [2.45, 2.75) is 37.1 Å². The van der Waals surface area contributed by atoms with Crippen LogP contribution in [-0.2, 0) is 12.8 Å². The summed E-state index contributed by atoms with van der Waals surface area (Å²) in [5.41, 5.74) is 0.124. The normalized spacial score (nSPS) is 17.7. The molecule has 0 fully saturated rings. The summed E-state index contributed by atoms with van der Waals surface area (Å²) in [5.74, 6) is -5.76. The van der Waals surface area contributed by atoms with Crippen molar-refractivity contribution in [1.29, 1.82) is 0 Å². The highest BCUT2D eigenvalue weighted by molar-refractivity contribution is 5.62. The summed E-state index contributed by atoms with van der Waals surface area (Å²) in [4.78, 5) is 0. The highest BCUT2D eigenvalue weighted by atomic mass is 16.5. The molecule has 12 nitrogen and oxygen atoms in total. The van der Waals surface area contributed by atoms with E-state index in [-0.39, 0.29) is 40.2 Å². The van der Waals surface area contributed by atoms with Gasteiger partial charge in [0.1, 0.15) is 40.6 Å². The molecular formula is C30H28O12. The molecule has 0 saturated heterocycles. The van der Waals surface area contributed by atoms with Crippen molar-refractivity contribution in [2.24, 2.45) is 0 Å². The number of phenolic OH excluding ortho intramolecular Hbond substituents is 9. The minimum atomic E-state index is -1.59. The van der Waals surface area contributed by atoms with Crippen LogP contribution < -0.4 is 4.74 Å². The topological polar surface area (TPSA) is 232 Å². The summed E-state index contributed by atoms with van der Waals surface area (Å²) in [6.45, 7) is 0. The van der Waals surface area contributed by atoms with E-state index >= 15 is 0 Å². The summed E-state index contributed by atoms with van der Waals surface area (Å²) in [6, 6.07) is 10.5. The fourth-order valence-electron chi connectivity index (χ4n) is 5.32. The predicted molar refractivity (Wildman–Crippen MR) is 145 cm³/mol. The Balaban J connectivity index is 1.60. The maximum absolute atomic E-state index is 11.4. The van der Waals surface area contributed by atoms with Crippen molar-refractivity contribution >= 4 is 0 Å². The lowest BCUT2D eigenvalue weighted by molar-refractivity contribution is 0.0195. The summed E-state index contributed by atoms with van der Waals surface area (Å²) in [7, 11) is 0. The van der Waals surface area contributed by atoms with Crippen LogP contribution >= 0.6 is 0 Å². The summed E-state index contributed by atoms with van der Waals surface area (Å²) < 4.78 is 5.87. The fraction of sp³-hybridized carbons (Fsp3) is 0.200. The number of benzene rings is 4. The monoisotopic (exact) mass is 580 g/mol. The molecular weight excluding hydrogens is 552 g/mol. The van der Waals surface area contributed by atoms with Gasteiger partial charge in [-0.15, -0.1) is 0 Å². The van der Waals surface area contributed by atoms with Gasteiger partial charge in [0, 0.05) is 53.6 Å². The maximum atomic E-state index is 11.4. The third kappa shape index (κ3) is 5.04. The second-order valence-corrected chi connectivity index (χ2v) is 10.2. The predicted octanol–water partition coefficient (Wildman–Crippen LogP) is 2.81. The lowest BCUT2D eigenvalue weighted by atomic mass is 9.80. The van der Waals surface area contributed by atoms with Gasteiger partial charge in [-0.2, -0.15) is 0 Å². The van der Waals surface area contributed by atoms with Gasteiger partial charge >= 0.3 is 0 Å². The van der Waals surface area contributed by atoms with E-state index in [4.69, 9.17) is 4.74 Å². The smallest absolute Gasteiger partial charge is 0.157 e. The second-order valence-electron chi connectivity index (χ2n) is 10.2. The van der Waals surface area contributed by atoms with Crippen LogP contribution in [0.1, 0.15) is 39.8 Å². The van der Waals surface area contributed by atoms with Crippen molar-refractivity contribution in [1.82, 2.24) is 0 Å². The molecule has 0 bridgehead atoms. The molecule has 4 unspecified atom stereocenters. The number of ether oxygens (including phenoxy) is 1. The second kappa shape index (κ2) is 10.7. The van der Waals surface area contributed by atoms with Crippen LogP contribution in [0.5, 0.6) is 57.5 Å². The molecule has 4 aromatic rings. The Labute approximate surface area is 238 Å². The number of aliphatic hydroxyl groups excluding tert-OH is 2. The highest BCUT2D eigenvalue weighted by Crippen LogP contribution is 2.50. The standard InChI is InChI=1S/C30H28O12/c31-14-7-19(34)15(20(35)8-14)9-23(38)27(12-1-3-17(32)21(36)5-12)28-24(39)11-26-16(29(28)41)10-25(40)30(42-26)13-2-4-18(33)22(37)6-13/h1-8,11,23,25,27,30-41H,9-10H2.